The van der Waals surface area contributed by atoms with E-state index >= 15 is 0 Å². The second-order valence-electron chi connectivity index (χ2n) is 6.16. The van der Waals surface area contributed by atoms with Crippen LogP contribution >= 0.6 is 0 Å². The van der Waals surface area contributed by atoms with E-state index in [1.807, 2.05) is 12.4 Å². The fourth-order valence-corrected chi connectivity index (χ4v) is 2.69. The van der Waals surface area contributed by atoms with Crippen LogP contribution in [0.4, 0.5) is 0 Å². The minimum absolute atomic E-state index is 0.432. The first kappa shape index (κ1) is 15.8. The first-order valence-corrected chi connectivity index (χ1v) is 7.89. The molecule has 0 aliphatic heterocycles. The lowest BCUT2D eigenvalue weighted by Gasteiger charge is -2.21. The maximum Gasteiger partial charge on any atom is 0.0485 e. The first-order chi connectivity index (χ1) is 10.1. The molecule has 0 aromatic carbocycles. The standard InChI is InChI=1S/C18H27N3/c1-5-7-20-18(14(2)3)17-6-8-21(13-17)12-16-9-15(4)10-19-11-16/h6,8-11,13-14,18,20H,5,7,12H2,1-4H3. The van der Waals surface area contributed by atoms with E-state index in [0.717, 1.165) is 13.1 Å². The van der Waals surface area contributed by atoms with Gasteiger partial charge in [-0.2, -0.15) is 0 Å². The average Bonchev–Trinajstić information content (AvgIpc) is 2.87. The summed E-state index contributed by atoms with van der Waals surface area (Å²) in [6.45, 7) is 10.8. The Kier molecular flexibility index (Phi) is 5.57. The van der Waals surface area contributed by atoms with Crippen LogP contribution in [0, 0.1) is 12.8 Å². The van der Waals surface area contributed by atoms with Crippen molar-refractivity contribution >= 4 is 0 Å². The molecule has 3 heteroatoms. The van der Waals surface area contributed by atoms with Gasteiger partial charge < -0.3 is 9.88 Å². The minimum Gasteiger partial charge on any atom is -0.350 e. The van der Waals surface area contributed by atoms with Crippen molar-refractivity contribution < 1.29 is 0 Å². The fourth-order valence-electron chi connectivity index (χ4n) is 2.69. The normalized spacial score (nSPS) is 12.8. The molecular weight excluding hydrogens is 258 g/mol. The van der Waals surface area contributed by atoms with Crippen LogP contribution in [0.3, 0.4) is 0 Å². The Balaban J connectivity index is 2.09. The van der Waals surface area contributed by atoms with Gasteiger partial charge in [-0.15, -0.1) is 0 Å². The molecule has 0 spiro atoms. The maximum absolute atomic E-state index is 4.27. The lowest BCUT2D eigenvalue weighted by Crippen LogP contribution is -2.26. The molecule has 3 nitrogen and oxygen atoms in total. The highest BCUT2D eigenvalue weighted by atomic mass is 15.0. The van der Waals surface area contributed by atoms with Crippen molar-refractivity contribution in [3.05, 3.63) is 53.6 Å². The van der Waals surface area contributed by atoms with E-state index in [-0.39, 0.29) is 0 Å². The Hall–Kier alpha value is -1.61. The quantitative estimate of drug-likeness (QED) is 0.835. The molecule has 0 saturated carbocycles. The molecule has 0 aliphatic rings. The molecule has 114 valence electrons. The Morgan fingerprint density at radius 2 is 2.10 bits per heavy atom. The van der Waals surface area contributed by atoms with Crippen LogP contribution in [0.25, 0.3) is 0 Å². The molecule has 1 unspecified atom stereocenters. The van der Waals surface area contributed by atoms with Crippen molar-refractivity contribution in [3.63, 3.8) is 0 Å². The zero-order valence-electron chi connectivity index (χ0n) is 13.6. The molecule has 1 N–H and O–H groups in total. The minimum atomic E-state index is 0.432. The highest BCUT2D eigenvalue weighted by Gasteiger charge is 2.15. The summed E-state index contributed by atoms with van der Waals surface area (Å²) >= 11 is 0. The largest absolute Gasteiger partial charge is 0.350 e. The van der Waals surface area contributed by atoms with Crippen LogP contribution in [0.5, 0.6) is 0 Å². The maximum atomic E-state index is 4.27. The van der Waals surface area contributed by atoms with Crippen molar-refractivity contribution in [1.29, 1.82) is 0 Å². The Labute approximate surface area is 128 Å². The molecule has 2 heterocycles. The van der Waals surface area contributed by atoms with Crippen LogP contribution in [0.1, 0.15) is 49.9 Å². The summed E-state index contributed by atoms with van der Waals surface area (Å²) in [4.78, 5) is 4.27. The summed E-state index contributed by atoms with van der Waals surface area (Å²) in [7, 11) is 0. The van der Waals surface area contributed by atoms with Crippen molar-refractivity contribution in [2.45, 2.75) is 46.7 Å². The van der Waals surface area contributed by atoms with E-state index in [4.69, 9.17) is 0 Å². The van der Waals surface area contributed by atoms with E-state index in [1.165, 1.54) is 23.1 Å². The highest BCUT2D eigenvalue weighted by Crippen LogP contribution is 2.22. The third-order valence-corrected chi connectivity index (χ3v) is 3.71. The van der Waals surface area contributed by atoms with Crippen molar-refractivity contribution in [2.24, 2.45) is 5.92 Å². The fraction of sp³-hybridized carbons (Fsp3) is 0.500. The smallest absolute Gasteiger partial charge is 0.0485 e. The molecule has 0 aliphatic carbocycles. The number of pyridine rings is 1. The Morgan fingerprint density at radius 1 is 1.29 bits per heavy atom. The zero-order chi connectivity index (χ0) is 15.2. The van der Waals surface area contributed by atoms with Gasteiger partial charge in [0.15, 0.2) is 0 Å². The van der Waals surface area contributed by atoms with Crippen molar-refractivity contribution in [3.8, 4) is 0 Å². The molecule has 0 saturated heterocycles. The molecule has 0 bridgehead atoms. The van der Waals surface area contributed by atoms with Gasteiger partial charge in [-0.25, -0.2) is 0 Å². The van der Waals surface area contributed by atoms with Gasteiger partial charge in [-0.1, -0.05) is 26.8 Å². The van der Waals surface area contributed by atoms with E-state index in [1.54, 1.807) is 0 Å². The highest BCUT2D eigenvalue weighted by molar-refractivity contribution is 5.20. The summed E-state index contributed by atoms with van der Waals surface area (Å²) in [5.74, 6) is 0.591. The molecule has 2 aromatic rings. The SMILES string of the molecule is CCCNC(c1ccn(Cc2cncc(C)c2)c1)C(C)C. The Bertz CT molecular complexity index is 557. The van der Waals surface area contributed by atoms with Gasteiger partial charge >= 0.3 is 0 Å². The van der Waals surface area contributed by atoms with Gasteiger partial charge in [-0.3, -0.25) is 4.98 Å². The molecule has 2 aromatic heterocycles. The van der Waals surface area contributed by atoms with Crippen LogP contribution in [-0.2, 0) is 6.54 Å². The molecule has 2 rings (SSSR count). The summed E-state index contributed by atoms with van der Waals surface area (Å²) in [5, 5.41) is 3.65. The first-order valence-electron chi connectivity index (χ1n) is 7.89. The number of rotatable bonds is 7. The predicted octanol–water partition coefficient (Wildman–Crippen LogP) is 3.94. The van der Waals surface area contributed by atoms with Gasteiger partial charge in [0, 0.05) is 37.4 Å². The lowest BCUT2D eigenvalue weighted by atomic mass is 9.98. The number of nitrogens with one attached hydrogen (secondary N) is 1. The van der Waals surface area contributed by atoms with Gasteiger partial charge in [0.2, 0.25) is 0 Å². The third-order valence-electron chi connectivity index (χ3n) is 3.71. The van der Waals surface area contributed by atoms with Crippen LogP contribution in [0.15, 0.2) is 36.9 Å². The molecule has 1 atom stereocenters. The molecular formula is C18H27N3. The predicted molar refractivity (Wildman–Crippen MR) is 88.4 cm³/mol. The number of hydrogen-bond acceptors (Lipinski definition) is 2. The number of hydrogen-bond donors (Lipinski definition) is 1. The monoisotopic (exact) mass is 285 g/mol. The second-order valence-corrected chi connectivity index (χ2v) is 6.16. The summed E-state index contributed by atoms with van der Waals surface area (Å²) in [5.41, 5.74) is 3.84. The molecule has 0 amide bonds. The van der Waals surface area contributed by atoms with E-state index in [9.17, 15) is 0 Å². The van der Waals surface area contributed by atoms with Crippen molar-refractivity contribution in [1.82, 2.24) is 14.9 Å². The van der Waals surface area contributed by atoms with Gasteiger partial charge in [-0.05, 0) is 48.6 Å². The zero-order valence-corrected chi connectivity index (χ0v) is 13.6. The van der Waals surface area contributed by atoms with E-state index < -0.39 is 0 Å². The third kappa shape index (κ3) is 4.43. The second kappa shape index (κ2) is 7.41. The lowest BCUT2D eigenvalue weighted by molar-refractivity contribution is 0.412. The Morgan fingerprint density at radius 3 is 2.76 bits per heavy atom. The molecule has 0 fully saturated rings. The summed E-state index contributed by atoms with van der Waals surface area (Å²) in [6.07, 6.45) is 9.44. The number of aromatic nitrogens is 2. The number of nitrogens with zero attached hydrogens (tertiary/aromatic N) is 2. The molecule has 0 radical (unpaired) electrons. The summed E-state index contributed by atoms with van der Waals surface area (Å²) < 4.78 is 2.24. The summed E-state index contributed by atoms with van der Waals surface area (Å²) in [6, 6.07) is 4.86. The molecule has 21 heavy (non-hydrogen) atoms. The topological polar surface area (TPSA) is 29.9 Å². The van der Waals surface area contributed by atoms with E-state index in [0.29, 0.717) is 12.0 Å². The van der Waals surface area contributed by atoms with Crippen molar-refractivity contribution in [2.75, 3.05) is 6.54 Å². The van der Waals surface area contributed by atoms with Gasteiger partial charge in [0.25, 0.3) is 0 Å². The van der Waals surface area contributed by atoms with Crippen LogP contribution < -0.4 is 5.32 Å². The van der Waals surface area contributed by atoms with Crippen LogP contribution in [-0.4, -0.2) is 16.1 Å². The average molecular weight is 285 g/mol. The van der Waals surface area contributed by atoms with Crippen LogP contribution in [0.2, 0.25) is 0 Å². The van der Waals surface area contributed by atoms with Gasteiger partial charge in [0.1, 0.15) is 0 Å². The van der Waals surface area contributed by atoms with E-state index in [2.05, 4.69) is 67.1 Å². The number of aryl methyl sites for hydroxylation is 1. The van der Waals surface area contributed by atoms with Gasteiger partial charge in [0.05, 0.1) is 0 Å².